The van der Waals surface area contributed by atoms with Crippen LogP contribution in [0.4, 0.5) is 9.18 Å². The first kappa shape index (κ1) is 18.2. The fourth-order valence-corrected chi connectivity index (χ4v) is 3.35. The number of aliphatic hydroxyl groups is 1. The largest absolute Gasteiger partial charge is 0.370 e. The second kappa shape index (κ2) is 7.32. The van der Waals surface area contributed by atoms with Gasteiger partial charge in [-0.1, -0.05) is 0 Å². The van der Waals surface area contributed by atoms with Crippen molar-refractivity contribution in [2.75, 3.05) is 20.1 Å². The van der Waals surface area contributed by atoms with Gasteiger partial charge in [0.05, 0.1) is 18.2 Å². The SMILES string of the molecule is CN1C(=O)N(Cc2cc(F)ccc2C#N)C(N2CCCC(N)C2)=CC1O. The number of nitriles is 1. The van der Waals surface area contributed by atoms with Crippen molar-refractivity contribution in [3.05, 3.63) is 47.0 Å². The summed E-state index contributed by atoms with van der Waals surface area (Å²) in [7, 11) is 1.49. The average Bonchev–Trinajstić information content (AvgIpc) is 2.62. The molecule has 8 heteroatoms. The lowest BCUT2D eigenvalue weighted by Gasteiger charge is -2.43. The molecule has 26 heavy (non-hydrogen) atoms. The lowest BCUT2D eigenvalue weighted by atomic mass is 10.1. The number of hydrogen-bond donors (Lipinski definition) is 2. The molecule has 0 saturated carbocycles. The predicted molar refractivity (Wildman–Crippen MR) is 92.7 cm³/mol. The minimum absolute atomic E-state index is 0.0118. The van der Waals surface area contributed by atoms with Crippen molar-refractivity contribution >= 4 is 6.03 Å². The molecule has 2 atom stereocenters. The molecule has 0 bridgehead atoms. The molecule has 0 aromatic heterocycles. The second-order valence-electron chi connectivity index (χ2n) is 6.68. The Labute approximate surface area is 151 Å². The van der Waals surface area contributed by atoms with Crippen molar-refractivity contribution in [2.45, 2.75) is 31.7 Å². The first-order chi connectivity index (χ1) is 12.4. The smallest absolute Gasteiger partial charge is 0.327 e. The van der Waals surface area contributed by atoms with Crippen molar-refractivity contribution in [2.24, 2.45) is 5.73 Å². The molecule has 2 aliphatic rings. The quantitative estimate of drug-likeness (QED) is 0.844. The van der Waals surface area contributed by atoms with E-state index in [1.54, 1.807) is 6.08 Å². The van der Waals surface area contributed by atoms with E-state index >= 15 is 0 Å². The Morgan fingerprint density at radius 2 is 2.23 bits per heavy atom. The molecule has 2 amide bonds. The second-order valence-corrected chi connectivity index (χ2v) is 6.68. The number of carbonyl (C=O) groups excluding carboxylic acids is 1. The van der Waals surface area contributed by atoms with Gasteiger partial charge in [-0.05, 0) is 36.6 Å². The molecule has 2 aliphatic heterocycles. The maximum Gasteiger partial charge on any atom is 0.327 e. The summed E-state index contributed by atoms with van der Waals surface area (Å²) < 4.78 is 13.7. The number of aliphatic hydroxyl groups excluding tert-OH is 1. The van der Waals surface area contributed by atoms with Gasteiger partial charge in [-0.2, -0.15) is 5.26 Å². The van der Waals surface area contributed by atoms with Gasteiger partial charge < -0.3 is 15.7 Å². The molecule has 1 aromatic carbocycles. The highest BCUT2D eigenvalue weighted by Gasteiger charge is 2.35. The Bertz CT molecular complexity index is 775. The average molecular weight is 359 g/mol. The number of piperidine rings is 1. The van der Waals surface area contributed by atoms with Crippen LogP contribution in [0.2, 0.25) is 0 Å². The topological polar surface area (TPSA) is 96.8 Å². The lowest BCUT2D eigenvalue weighted by molar-refractivity contribution is 0.0418. The first-order valence-electron chi connectivity index (χ1n) is 8.54. The van der Waals surface area contributed by atoms with Crippen LogP contribution in [-0.2, 0) is 6.54 Å². The number of benzene rings is 1. The molecular weight excluding hydrogens is 337 g/mol. The molecule has 1 saturated heterocycles. The highest BCUT2D eigenvalue weighted by molar-refractivity contribution is 5.78. The summed E-state index contributed by atoms with van der Waals surface area (Å²) in [5, 5.41) is 19.5. The van der Waals surface area contributed by atoms with E-state index in [1.165, 1.54) is 35.0 Å². The van der Waals surface area contributed by atoms with Crippen LogP contribution in [0.1, 0.15) is 24.0 Å². The zero-order valence-corrected chi connectivity index (χ0v) is 14.6. The van der Waals surface area contributed by atoms with Crippen LogP contribution in [0.25, 0.3) is 0 Å². The highest BCUT2D eigenvalue weighted by atomic mass is 19.1. The molecule has 0 spiro atoms. The Hall–Kier alpha value is -2.63. The molecule has 3 rings (SSSR count). The highest BCUT2D eigenvalue weighted by Crippen LogP contribution is 2.26. The number of urea groups is 1. The van der Waals surface area contributed by atoms with Crippen LogP contribution in [0.3, 0.4) is 0 Å². The number of hydrogen-bond acceptors (Lipinski definition) is 5. The van der Waals surface area contributed by atoms with Crippen molar-refractivity contribution in [1.82, 2.24) is 14.7 Å². The van der Waals surface area contributed by atoms with Crippen LogP contribution in [0, 0.1) is 17.1 Å². The molecule has 138 valence electrons. The maximum atomic E-state index is 13.7. The van der Waals surface area contributed by atoms with Gasteiger partial charge in [0.1, 0.15) is 11.6 Å². The number of likely N-dealkylation sites (tertiary alicyclic amines) is 1. The van der Waals surface area contributed by atoms with Gasteiger partial charge >= 0.3 is 6.03 Å². The summed E-state index contributed by atoms with van der Waals surface area (Å²) in [6.07, 6.45) is 2.33. The van der Waals surface area contributed by atoms with E-state index in [9.17, 15) is 19.6 Å². The number of nitrogens with two attached hydrogens (primary N) is 1. The van der Waals surface area contributed by atoms with E-state index in [2.05, 4.69) is 0 Å². The van der Waals surface area contributed by atoms with Gasteiger partial charge in [-0.15, -0.1) is 0 Å². The van der Waals surface area contributed by atoms with Gasteiger partial charge in [0.25, 0.3) is 0 Å². The number of nitrogens with zero attached hydrogens (tertiary/aromatic N) is 4. The number of carbonyl (C=O) groups is 1. The normalized spacial score (nSPS) is 23.7. The van der Waals surface area contributed by atoms with Crippen LogP contribution in [-0.4, -0.2) is 58.2 Å². The van der Waals surface area contributed by atoms with E-state index < -0.39 is 18.1 Å². The summed E-state index contributed by atoms with van der Waals surface area (Å²) in [6, 6.07) is 5.48. The third-order valence-electron chi connectivity index (χ3n) is 4.80. The molecule has 1 fully saturated rings. The number of likely N-dealkylation sites (N-methyl/N-ethyl adjacent to an activating group) is 1. The van der Waals surface area contributed by atoms with Gasteiger partial charge in [-0.3, -0.25) is 9.80 Å². The van der Waals surface area contributed by atoms with Crippen molar-refractivity contribution in [3.8, 4) is 6.07 Å². The molecule has 0 aliphatic carbocycles. The Morgan fingerprint density at radius 1 is 1.46 bits per heavy atom. The van der Waals surface area contributed by atoms with Gasteiger partial charge in [0, 0.05) is 32.3 Å². The van der Waals surface area contributed by atoms with Crippen LogP contribution >= 0.6 is 0 Å². The summed E-state index contributed by atoms with van der Waals surface area (Å²) in [4.78, 5) is 17.4. The van der Waals surface area contributed by atoms with Crippen molar-refractivity contribution < 1.29 is 14.3 Å². The van der Waals surface area contributed by atoms with E-state index in [4.69, 9.17) is 5.73 Å². The summed E-state index contributed by atoms with van der Waals surface area (Å²) in [6.45, 7) is 1.32. The fraction of sp³-hybridized carbons (Fsp3) is 0.444. The van der Waals surface area contributed by atoms with Crippen LogP contribution < -0.4 is 5.73 Å². The Balaban J connectivity index is 1.96. The third-order valence-corrected chi connectivity index (χ3v) is 4.80. The number of amides is 2. The maximum absolute atomic E-state index is 13.7. The minimum atomic E-state index is -1.05. The van der Waals surface area contributed by atoms with Gasteiger partial charge in [-0.25, -0.2) is 9.18 Å². The Kier molecular flexibility index (Phi) is 5.11. The fourth-order valence-electron chi connectivity index (χ4n) is 3.35. The zero-order valence-electron chi connectivity index (χ0n) is 14.6. The standard InChI is InChI=1S/C18H22FN5O2/c1-22-17(25)8-16(23-6-2-3-15(21)11-23)24(18(22)26)10-13-7-14(19)5-4-12(13)9-20/h4-5,7-8,15,17,25H,2-3,6,10-11,21H2,1H3. The summed E-state index contributed by atoms with van der Waals surface area (Å²) in [5.74, 6) is 0.0753. The molecule has 2 unspecified atom stereocenters. The molecule has 7 nitrogen and oxygen atoms in total. The van der Waals surface area contributed by atoms with Crippen LogP contribution in [0.5, 0.6) is 0 Å². The van der Waals surface area contributed by atoms with Crippen molar-refractivity contribution in [3.63, 3.8) is 0 Å². The molecular formula is C18H22FN5O2. The van der Waals surface area contributed by atoms with Crippen molar-refractivity contribution in [1.29, 1.82) is 5.26 Å². The molecule has 2 heterocycles. The monoisotopic (exact) mass is 359 g/mol. The van der Waals surface area contributed by atoms with Gasteiger partial charge in [0.2, 0.25) is 0 Å². The predicted octanol–water partition coefficient (Wildman–Crippen LogP) is 1.15. The van der Waals surface area contributed by atoms with E-state index in [0.29, 0.717) is 30.0 Å². The molecule has 3 N–H and O–H groups in total. The van der Waals surface area contributed by atoms with Gasteiger partial charge in [0.15, 0.2) is 6.23 Å². The molecule has 0 radical (unpaired) electrons. The zero-order chi connectivity index (χ0) is 18.8. The van der Waals surface area contributed by atoms with E-state index in [-0.39, 0.29) is 12.6 Å². The van der Waals surface area contributed by atoms with E-state index in [1.807, 2.05) is 11.0 Å². The summed E-state index contributed by atoms with van der Waals surface area (Å²) >= 11 is 0. The first-order valence-corrected chi connectivity index (χ1v) is 8.54. The summed E-state index contributed by atoms with van der Waals surface area (Å²) in [5.41, 5.74) is 6.78. The van der Waals surface area contributed by atoms with E-state index in [0.717, 1.165) is 12.8 Å². The number of halogens is 1. The lowest BCUT2D eigenvalue weighted by Crippen LogP contribution is -2.54. The molecule has 1 aromatic rings. The Morgan fingerprint density at radius 3 is 2.92 bits per heavy atom. The minimum Gasteiger partial charge on any atom is -0.370 e. The third kappa shape index (κ3) is 3.49. The van der Waals surface area contributed by atoms with Crippen LogP contribution in [0.15, 0.2) is 30.1 Å². The number of rotatable bonds is 3.